The van der Waals surface area contributed by atoms with Crippen LogP contribution >= 0.6 is 0 Å². The highest BCUT2D eigenvalue weighted by Crippen LogP contribution is 2.25. The molecule has 25 heavy (non-hydrogen) atoms. The topological polar surface area (TPSA) is 49.4 Å². The third kappa shape index (κ3) is 4.27. The van der Waals surface area contributed by atoms with Crippen molar-refractivity contribution < 1.29 is 9.59 Å². The van der Waals surface area contributed by atoms with Crippen molar-refractivity contribution in [3.8, 4) is 0 Å². The number of nitrogens with one attached hydrogen (secondary N) is 1. The summed E-state index contributed by atoms with van der Waals surface area (Å²) < 4.78 is 0. The third-order valence-electron chi connectivity index (χ3n) is 4.56. The molecule has 0 aliphatic rings. The van der Waals surface area contributed by atoms with Gasteiger partial charge in [0.05, 0.1) is 0 Å². The van der Waals surface area contributed by atoms with Gasteiger partial charge < -0.3 is 10.2 Å². The molecule has 0 bridgehead atoms. The van der Waals surface area contributed by atoms with Gasteiger partial charge in [-0.15, -0.1) is 0 Å². The third-order valence-corrected chi connectivity index (χ3v) is 4.56. The SMILES string of the molecule is Cc1cccc(NC(=O)C(C)(C)C(=O)N(C)Cc2ccccc2)c1C. The maximum atomic E-state index is 12.8. The number of hydrogen-bond donors (Lipinski definition) is 1. The molecule has 132 valence electrons. The predicted molar refractivity (Wildman–Crippen MR) is 101 cm³/mol. The molecule has 0 unspecified atom stereocenters. The molecule has 0 fully saturated rings. The van der Waals surface area contributed by atoms with Gasteiger partial charge in [0.2, 0.25) is 11.8 Å². The summed E-state index contributed by atoms with van der Waals surface area (Å²) in [4.78, 5) is 27.2. The monoisotopic (exact) mass is 338 g/mol. The highest BCUT2D eigenvalue weighted by molar-refractivity contribution is 6.10. The summed E-state index contributed by atoms with van der Waals surface area (Å²) in [6.07, 6.45) is 0. The lowest BCUT2D eigenvalue weighted by Crippen LogP contribution is -2.45. The van der Waals surface area contributed by atoms with E-state index in [0.717, 1.165) is 22.4 Å². The summed E-state index contributed by atoms with van der Waals surface area (Å²) in [5, 5.41) is 2.90. The largest absolute Gasteiger partial charge is 0.341 e. The summed E-state index contributed by atoms with van der Waals surface area (Å²) in [7, 11) is 1.72. The second-order valence-electron chi connectivity index (χ2n) is 6.97. The minimum Gasteiger partial charge on any atom is -0.341 e. The van der Waals surface area contributed by atoms with Crippen molar-refractivity contribution in [2.24, 2.45) is 5.41 Å². The van der Waals surface area contributed by atoms with Crippen LogP contribution in [0.3, 0.4) is 0 Å². The molecule has 2 aromatic rings. The van der Waals surface area contributed by atoms with Crippen LogP contribution in [0.15, 0.2) is 48.5 Å². The van der Waals surface area contributed by atoms with Crippen LogP contribution in [0, 0.1) is 19.3 Å². The molecule has 0 heterocycles. The molecule has 2 amide bonds. The van der Waals surface area contributed by atoms with Gasteiger partial charge in [0.1, 0.15) is 5.41 Å². The van der Waals surface area contributed by atoms with Crippen LogP contribution in [0.5, 0.6) is 0 Å². The van der Waals surface area contributed by atoms with E-state index in [0.29, 0.717) is 6.54 Å². The van der Waals surface area contributed by atoms with E-state index in [1.807, 2.05) is 62.4 Å². The van der Waals surface area contributed by atoms with Gasteiger partial charge in [-0.3, -0.25) is 9.59 Å². The van der Waals surface area contributed by atoms with Gasteiger partial charge in [-0.05, 0) is 50.5 Å². The summed E-state index contributed by atoms with van der Waals surface area (Å²) in [5.41, 5.74) is 2.74. The van der Waals surface area contributed by atoms with Crippen LogP contribution in [0.2, 0.25) is 0 Å². The molecule has 0 saturated heterocycles. The first kappa shape index (κ1) is 18.7. The average molecular weight is 338 g/mol. The standard InChI is InChI=1S/C21H26N2O2/c1-15-10-9-13-18(16(15)2)22-19(24)21(3,4)20(25)23(5)14-17-11-7-6-8-12-17/h6-13H,14H2,1-5H3,(H,22,24). The minimum atomic E-state index is -1.15. The second-order valence-corrected chi connectivity index (χ2v) is 6.97. The fraction of sp³-hybridized carbons (Fsp3) is 0.333. The summed E-state index contributed by atoms with van der Waals surface area (Å²) >= 11 is 0. The van der Waals surface area contributed by atoms with Crippen molar-refractivity contribution in [2.75, 3.05) is 12.4 Å². The van der Waals surface area contributed by atoms with Crippen molar-refractivity contribution in [1.82, 2.24) is 4.90 Å². The van der Waals surface area contributed by atoms with Gasteiger partial charge in [-0.25, -0.2) is 0 Å². The zero-order valence-electron chi connectivity index (χ0n) is 15.6. The molecule has 2 aromatic carbocycles. The molecule has 4 nitrogen and oxygen atoms in total. The Bertz CT molecular complexity index is 767. The molecule has 0 saturated carbocycles. The Morgan fingerprint density at radius 1 is 1.00 bits per heavy atom. The number of amides is 2. The van der Waals surface area contributed by atoms with Gasteiger partial charge in [-0.2, -0.15) is 0 Å². The highest BCUT2D eigenvalue weighted by Gasteiger charge is 2.38. The normalized spacial score (nSPS) is 11.1. The Morgan fingerprint density at radius 3 is 2.28 bits per heavy atom. The van der Waals surface area contributed by atoms with E-state index in [1.165, 1.54) is 0 Å². The van der Waals surface area contributed by atoms with Crippen LogP contribution in [0.1, 0.15) is 30.5 Å². The lowest BCUT2D eigenvalue weighted by atomic mass is 9.90. The highest BCUT2D eigenvalue weighted by atomic mass is 16.2. The Labute approximate surface area is 149 Å². The van der Waals surface area contributed by atoms with Crippen molar-refractivity contribution >= 4 is 17.5 Å². The first-order valence-corrected chi connectivity index (χ1v) is 8.40. The zero-order valence-corrected chi connectivity index (χ0v) is 15.6. The lowest BCUT2D eigenvalue weighted by Gasteiger charge is -2.29. The molecule has 0 aliphatic heterocycles. The van der Waals surface area contributed by atoms with Gasteiger partial charge in [0.25, 0.3) is 0 Å². The Kier molecular flexibility index (Phi) is 5.62. The number of rotatable bonds is 5. The van der Waals surface area contributed by atoms with E-state index in [1.54, 1.807) is 25.8 Å². The van der Waals surface area contributed by atoms with Crippen molar-refractivity contribution in [3.05, 3.63) is 65.2 Å². The molecule has 0 aliphatic carbocycles. The molecular formula is C21H26N2O2. The summed E-state index contributed by atoms with van der Waals surface area (Å²) in [6.45, 7) is 7.75. The molecule has 0 spiro atoms. The molecule has 0 radical (unpaired) electrons. The van der Waals surface area contributed by atoms with Crippen molar-refractivity contribution in [2.45, 2.75) is 34.2 Å². The second kappa shape index (κ2) is 7.51. The number of anilines is 1. The average Bonchev–Trinajstić information content (AvgIpc) is 2.59. The van der Waals surface area contributed by atoms with Gasteiger partial charge in [0, 0.05) is 19.3 Å². The van der Waals surface area contributed by atoms with Crippen LogP contribution in [0.25, 0.3) is 0 Å². The number of nitrogens with zero attached hydrogens (tertiary/aromatic N) is 1. The molecular weight excluding hydrogens is 312 g/mol. The van der Waals surface area contributed by atoms with E-state index in [-0.39, 0.29) is 11.8 Å². The number of benzene rings is 2. The molecule has 2 rings (SSSR count). The van der Waals surface area contributed by atoms with E-state index in [9.17, 15) is 9.59 Å². The molecule has 1 N–H and O–H groups in total. The molecule has 4 heteroatoms. The lowest BCUT2D eigenvalue weighted by molar-refractivity contribution is -0.145. The van der Waals surface area contributed by atoms with Crippen LogP contribution in [-0.2, 0) is 16.1 Å². The fourth-order valence-corrected chi connectivity index (χ4v) is 2.67. The van der Waals surface area contributed by atoms with E-state index in [2.05, 4.69) is 5.32 Å². The van der Waals surface area contributed by atoms with E-state index < -0.39 is 5.41 Å². The maximum absolute atomic E-state index is 12.8. The number of carbonyl (C=O) groups excluding carboxylic acids is 2. The van der Waals surface area contributed by atoms with Gasteiger partial charge >= 0.3 is 0 Å². The van der Waals surface area contributed by atoms with Gasteiger partial charge in [-0.1, -0.05) is 42.5 Å². The smallest absolute Gasteiger partial charge is 0.239 e. The Balaban J connectivity index is 2.11. The predicted octanol–water partition coefficient (Wildman–Crippen LogP) is 3.93. The summed E-state index contributed by atoms with van der Waals surface area (Å²) in [6, 6.07) is 15.5. The quantitative estimate of drug-likeness (QED) is 0.840. The number of hydrogen-bond acceptors (Lipinski definition) is 2. The number of aryl methyl sites for hydroxylation is 1. The Morgan fingerprint density at radius 2 is 1.64 bits per heavy atom. The van der Waals surface area contributed by atoms with Crippen LogP contribution < -0.4 is 5.32 Å². The van der Waals surface area contributed by atoms with E-state index >= 15 is 0 Å². The van der Waals surface area contributed by atoms with Crippen molar-refractivity contribution in [3.63, 3.8) is 0 Å². The zero-order chi connectivity index (χ0) is 18.6. The van der Waals surface area contributed by atoms with Crippen molar-refractivity contribution in [1.29, 1.82) is 0 Å². The fourth-order valence-electron chi connectivity index (χ4n) is 2.67. The molecule has 0 aromatic heterocycles. The van der Waals surface area contributed by atoms with Crippen LogP contribution in [0.4, 0.5) is 5.69 Å². The Hall–Kier alpha value is -2.62. The molecule has 0 atom stereocenters. The first-order valence-electron chi connectivity index (χ1n) is 8.40. The minimum absolute atomic E-state index is 0.209. The maximum Gasteiger partial charge on any atom is 0.239 e. The van der Waals surface area contributed by atoms with E-state index in [4.69, 9.17) is 0 Å². The summed E-state index contributed by atoms with van der Waals surface area (Å²) in [5.74, 6) is -0.509. The first-order chi connectivity index (χ1) is 11.7. The van der Waals surface area contributed by atoms with Crippen LogP contribution in [-0.4, -0.2) is 23.8 Å². The number of carbonyl (C=O) groups is 2. The van der Waals surface area contributed by atoms with Gasteiger partial charge in [0.15, 0.2) is 0 Å².